The Bertz CT molecular complexity index is 1330. The molecule has 5 rings (SSSR count). The minimum absolute atomic E-state index is 0.590. The minimum Gasteiger partial charge on any atom is -0.342 e. The number of nitrogens with zero attached hydrogens (tertiary/aromatic N) is 2. The van der Waals surface area contributed by atoms with Gasteiger partial charge < -0.3 is 9.80 Å². The topological polar surface area (TPSA) is 6.48 Å². The molecule has 4 aromatic rings. The number of hydrogen-bond acceptors (Lipinski definition) is 2. The van der Waals surface area contributed by atoms with Gasteiger partial charge in [0.15, 0.2) is 0 Å². The third-order valence-electron chi connectivity index (χ3n) is 6.82. The molecule has 2 heteroatoms. The van der Waals surface area contributed by atoms with E-state index in [0.29, 0.717) is 5.92 Å². The van der Waals surface area contributed by atoms with Crippen LogP contribution >= 0.6 is 0 Å². The van der Waals surface area contributed by atoms with Crippen LogP contribution in [-0.2, 0) is 0 Å². The zero-order valence-electron chi connectivity index (χ0n) is 25.4. The highest BCUT2D eigenvalue weighted by Gasteiger charge is 2.14. The number of aryl methyl sites for hydroxylation is 1. The highest BCUT2D eigenvalue weighted by molar-refractivity contribution is 5.78. The minimum atomic E-state index is 0.590. The zero-order chi connectivity index (χ0) is 28.9. The average molecular weight is 531 g/mol. The molecule has 40 heavy (non-hydrogen) atoms. The molecule has 0 heterocycles. The maximum Gasteiger partial charge on any atom is 0.0462 e. The van der Waals surface area contributed by atoms with Gasteiger partial charge in [0.05, 0.1) is 0 Å². The van der Waals surface area contributed by atoms with Gasteiger partial charge >= 0.3 is 0 Å². The Balaban J connectivity index is 0.00000106. The van der Waals surface area contributed by atoms with E-state index in [2.05, 4.69) is 152 Å². The summed E-state index contributed by atoms with van der Waals surface area (Å²) >= 11 is 0. The van der Waals surface area contributed by atoms with Crippen molar-refractivity contribution in [3.05, 3.63) is 133 Å². The number of likely N-dealkylation sites (N-methyl/N-ethyl adjacent to an activating group) is 1. The second-order valence-corrected chi connectivity index (χ2v) is 9.55. The molecule has 0 amide bonds. The maximum absolute atomic E-state index is 2.39. The fourth-order valence-corrected chi connectivity index (χ4v) is 4.87. The van der Waals surface area contributed by atoms with Gasteiger partial charge in [0.1, 0.15) is 0 Å². The van der Waals surface area contributed by atoms with Crippen LogP contribution in [0.25, 0.3) is 11.1 Å². The Morgan fingerprint density at radius 2 is 1.10 bits per heavy atom. The summed E-state index contributed by atoms with van der Waals surface area (Å²) in [6, 6.07) is 37.1. The van der Waals surface area contributed by atoms with E-state index in [1.807, 2.05) is 27.7 Å². The predicted octanol–water partition coefficient (Wildman–Crippen LogP) is 11.5. The van der Waals surface area contributed by atoms with E-state index in [9.17, 15) is 0 Å². The highest BCUT2D eigenvalue weighted by Crippen LogP contribution is 2.36. The van der Waals surface area contributed by atoms with Crippen LogP contribution in [-0.4, -0.2) is 6.54 Å². The molecular formula is C38H46N2. The molecule has 1 aliphatic carbocycles. The van der Waals surface area contributed by atoms with Crippen LogP contribution in [0.3, 0.4) is 0 Å². The first-order valence-corrected chi connectivity index (χ1v) is 14.9. The summed E-state index contributed by atoms with van der Waals surface area (Å²) in [5.41, 5.74) is 9.69. The summed E-state index contributed by atoms with van der Waals surface area (Å²) < 4.78 is 0. The van der Waals surface area contributed by atoms with Gasteiger partial charge in [0.2, 0.25) is 0 Å². The van der Waals surface area contributed by atoms with Crippen molar-refractivity contribution >= 4 is 22.7 Å². The van der Waals surface area contributed by atoms with Gasteiger partial charge in [-0.3, -0.25) is 0 Å². The first-order chi connectivity index (χ1) is 19.6. The van der Waals surface area contributed by atoms with Crippen LogP contribution in [0.15, 0.2) is 127 Å². The molecule has 0 N–H and O–H groups in total. The summed E-state index contributed by atoms with van der Waals surface area (Å²) in [7, 11) is 0. The van der Waals surface area contributed by atoms with Crippen molar-refractivity contribution in [1.82, 2.24) is 0 Å². The van der Waals surface area contributed by atoms with E-state index < -0.39 is 0 Å². The Labute approximate surface area is 243 Å². The van der Waals surface area contributed by atoms with Crippen molar-refractivity contribution < 1.29 is 0 Å². The van der Waals surface area contributed by atoms with E-state index in [0.717, 1.165) is 30.0 Å². The van der Waals surface area contributed by atoms with Gasteiger partial charge in [-0.15, -0.1) is 0 Å². The lowest BCUT2D eigenvalue weighted by atomic mass is 10.00. The monoisotopic (exact) mass is 530 g/mol. The Morgan fingerprint density at radius 3 is 1.60 bits per heavy atom. The fraction of sp³-hybridized carbons (Fsp3) is 0.263. The molecule has 0 aromatic heterocycles. The number of benzene rings is 4. The van der Waals surface area contributed by atoms with Crippen molar-refractivity contribution in [3.63, 3.8) is 0 Å². The van der Waals surface area contributed by atoms with Crippen LogP contribution in [0.1, 0.15) is 53.5 Å². The fourth-order valence-electron chi connectivity index (χ4n) is 4.87. The summed E-state index contributed by atoms with van der Waals surface area (Å²) in [5, 5.41) is 0. The molecule has 0 saturated heterocycles. The Morgan fingerprint density at radius 1 is 0.625 bits per heavy atom. The number of allylic oxidation sites excluding steroid dienone is 3. The van der Waals surface area contributed by atoms with Crippen LogP contribution < -0.4 is 9.80 Å². The largest absolute Gasteiger partial charge is 0.342 e. The van der Waals surface area contributed by atoms with Gasteiger partial charge in [-0.05, 0) is 91.9 Å². The summed E-state index contributed by atoms with van der Waals surface area (Å²) in [4.78, 5) is 4.69. The van der Waals surface area contributed by atoms with Crippen molar-refractivity contribution in [3.8, 4) is 11.1 Å². The van der Waals surface area contributed by atoms with Crippen LogP contribution in [0.4, 0.5) is 22.7 Å². The van der Waals surface area contributed by atoms with Crippen molar-refractivity contribution in [2.75, 3.05) is 16.3 Å². The molecule has 2 nitrogen and oxygen atoms in total. The van der Waals surface area contributed by atoms with Crippen molar-refractivity contribution in [2.45, 2.75) is 54.9 Å². The summed E-state index contributed by atoms with van der Waals surface area (Å²) in [6.45, 7) is 15.6. The quantitative estimate of drug-likeness (QED) is 0.234. The molecule has 4 aromatic carbocycles. The SMILES string of the molecule is CC.CC.CCN(C1=CC(C)CC=C1)c1ccc(-c2ccc(N(c3ccccc3)c3ccc(C)cc3)cc2)cc1. The normalized spacial score (nSPS) is 13.7. The molecule has 1 unspecified atom stereocenters. The molecule has 0 aliphatic heterocycles. The first-order valence-electron chi connectivity index (χ1n) is 14.9. The van der Waals surface area contributed by atoms with Gasteiger partial charge in [-0.2, -0.15) is 0 Å². The second-order valence-electron chi connectivity index (χ2n) is 9.55. The van der Waals surface area contributed by atoms with E-state index in [1.54, 1.807) is 0 Å². The highest BCUT2D eigenvalue weighted by atomic mass is 15.1. The predicted molar refractivity (Wildman–Crippen MR) is 178 cm³/mol. The lowest BCUT2D eigenvalue weighted by Crippen LogP contribution is -2.22. The maximum atomic E-state index is 2.39. The lowest BCUT2D eigenvalue weighted by molar-refractivity contribution is 0.721. The molecular weight excluding hydrogens is 484 g/mol. The lowest BCUT2D eigenvalue weighted by Gasteiger charge is -2.27. The second kappa shape index (κ2) is 15.5. The Kier molecular flexibility index (Phi) is 11.8. The molecule has 208 valence electrons. The van der Waals surface area contributed by atoms with Crippen LogP contribution in [0, 0.1) is 12.8 Å². The molecule has 0 fully saturated rings. The smallest absolute Gasteiger partial charge is 0.0462 e. The summed E-state index contributed by atoms with van der Waals surface area (Å²) in [6.07, 6.45) is 8.04. The van der Waals surface area contributed by atoms with Crippen LogP contribution in [0.5, 0.6) is 0 Å². The van der Waals surface area contributed by atoms with Gasteiger partial charge in [-0.1, -0.05) is 107 Å². The standard InChI is InChI=1S/C34H34N2.2C2H6/c1-4-35(34-12-8-9-27(3)25-34)30-21-15-28(16-22-30)29-17-23-33(24-18-29)36(31-10-6-5-7-11-31)32-19-13-26(2)14-20-32;2*1-2/h5-8,10-25,27H,4,9H2,1-3H3;2*1-2H3. The van der Waals surface area contributed by atoms with Gasteiger partial charge in [-0.25, -0.2) is 0 Å². The number of anilines is 4. The van der Waals surface area contributed by atoms with Crippen LogP contribution in [0.2, 0.25) is 0 Å². The first kappa shape index (κ1) is 30.5. The van der Waals surface area contributed by atoms with Gasteiger partial charge in [0, 0.05) is 35.0 Å². The molecule has 0 bridgehead atoms. The number of hydrogen-bond donors (Lipinski definition) is 0. The van der Waals surface area contributed by atoms with E-state index >= 15 is 0 Å². The third-order valence-corrected chi connectivity index (χ3v) is 6.82. The molecule has 0 saturated carbocycles. The molecule has 0 radical (unpaired) electrons. The molecule has 1 aliphatic rings. The molecule has 0 spiro atoms. The van der Waals surface area contributed by atoms with Crippen molar-refractivity contribution in [1.29, 1.82) is 0 Å². The summed E-state index contributed by atoms with van der Waals surface area (Å²) in [5.74, 6) is 0.590. The Hall–Kier alpha value is -4.04. The van der Waals surface area contributed by atoms with E-state index in [-0.39, 0.29) is 0 Å². The van der Waals surface area contributed by atoms with E-state index in [1.165, 1.54) is 28.1 Å². The van der Waals surface area contributed by atoms with Gasteiger partial charge in [0.25, 0.3) is 0 Å². The third kappa shape index (κ3) is 7.54. The van der Waals surface area contributed by atoms with E-state index in [4.69, 9.17) is 0 Å². The van der Waals surface area contributed by atoms with Crippen molar-refractivity contribution in [2.24, 2.45) is 5.92 Å². The zero-order valence-corrected chi connectivity index (χ0v) is 25.4. The average Bonchev–Trinajstić information content (AvgIpc) is 3.02. The number of rotatable bonds is 7. The molecule has 1 atom stereocenters. The number of para-hydroxylation sites is 1.